The first-order valence-electron chi connectivity index (χ1n) is 12.7. The van der Waals surface area contributed by atoms with Gasteiger partial charge in [-0.05, 0) is 51.9 Å². The number of aromatic nitrogens is 3. The maximum atomic E-state index is 6.43. The molecule has 1 aromatic carbocycles. The number of ether oxygens (including phenoxy) is 2. The van der Waals surface area contributed by atoms with Gasteiger partial charge in [-0.15, -0.1) is 11.3 Å². The van der Waals surface area contributed by atoms with Gasteiger partial charge in [0.15, 0.2) is 11.6 Å². The molecule has 0 radical (unpaired) electrons. The van der Waals surface area contributed by atoms with Gasteiger partial charge < -0.3 is 24.3 Å². The summed E-state index contributed by atoms with van der Waals surface area (Å²) in [7, 11) is 0. The fourth-order valence-corrected chi connectivity index (χ4v) is 6.26. The van der Waals surface area contributed by atoms with E-state index < -0.39 is 0 Å². The first kappa shape index (κ1) is 22.9. The predicted octanol–water partition coefficient (Wildman–Crippen LogP) is 5.02. The summed E-state index contributed by atoms with van der Waals surface area (Å²) in [5.74, 6) is 1.76. The summed E-state index contributed by atoms with van der Waals surface area (Å²) >= 11 is 1.76. The number of nitrogens with one attached hydrogen (secondary N) is 1. The van der Waals surface area contributed by atoms with E-state index >= 15 is 0 Å². The third-order valence-corrected chi connectivity index (χ3v) is 8.58. The lowest BCUT2D eigenvalue weighted by Gasteiger charge is -2.28. The maximum Gasteiger partial charge on any atom is 0.164 e. The van der Waals surface area contributed by atoms with E-state index in [2.05, 4.69) is 52.9 Å². The summed E-state index contributed by atoms with van der Waals surface area (Å²) in [5.41, 5.74) is 2.73. The van der Waals surface area contributed by atoms with Crippen LogP contribution >= 0.6 is 11.3 Å². The number of fused-ring (bicyclic) bond motifs is 2. The van der Waals surface area contributed by atoms with E-state index in [1.165, 1.54) is 30.8 Å². The van der Waals surface area contributed by atoms with Crippen molar-refractivity contribution >= 4 is 38.3 Å². The molecule has 1 N–H and O–H groups in total. The maximum absolute atomic E-state index is 6.43. The molecular formula is C27H33N5O2S. The molecule has 0 atom stereocenters. The topological polar surface area (TPSA) is 66.5 Å². The summed E-state index contributed by atoms with van der Waals surface area (Å²) in [6.45, 7) is 11.6. The highest BCUT2D eigenvalue weighted by Crippen LogP contribution is 2.40. The van der Waals surface area contributed by atoms with Crippen molar-refractivity contribution in [3.05, 3.63) is 41.4 Å². The van der Waals surface area contributed by atoms with Crippen molar-refractivity contribution in [3.8, 4) is 11.4 Å². The minimum Gasteiger partial charge on any atom is -0.378 e. The molecule has 7 nitrogen and oxygen atoms in total. The van der Waals surface area contributed by atoms with Gasteiger partial charge in [-0.3, -0.25) is 0 Å². The van der Waals surface area contributed by atoms with E-state index in [1.807, 2.05) is 12.3 Å². The van der Waals surface area contributed by atoms with Gasteiger partial charge in [0, 0.05) is 47.2 Å². The van der Waals surface area contributed by atoms with Crippen LogP contribution in [0.2, 0.25) is 0 Å². The van der Waals surface area contributed by atoms with Crippen LogP contribution in [-0.4, -0.2) is 72.4 Å². The molecule has 6 rings (SSSR count). The minimum atomic E-state index is -0.381. The molecule has 35 heavy (non-hydrogen) atoms. The first-order chi connectivity index (χ1) is 17.1. The number of benzene rings is 1. The van der Waals surface area contributed by atoms with E-state index in [4.69, 9.17) is 19.4 Å². The molecule has 0 aliphatic carbocycles. The monoisotopic (exact) mass is 491 g/mol. The SMILES string of the molecule is CC(C)(OCCN1CCCC1)c1cc2nc(-c3c[nH]c4ccccc34)nc(N3CCOCC3)c2s1. The fraction of sp³-hybridized carbons (Fsp3) is 0.481. The van der Waals surface area contributed by atoms with Gasteiger partial charge in [0.1, 0.15) is 0 Å². The molecule has 3 aromatic heterocycles. The molecule has 184 valence electrons. The summed E-state index contributed by atoms with van der Waals surface area (Å²) in [6, 6.07) is 10.5. The molecule has 8 heteroatoms. The Morgan fingerprint density at radius 3 is 2.71 bits per heavy atom. The number of anilines is 1. The average molecular weight is 492 g/mol. The molecule has 2 aliphatic heterocycles. The highest BCUT2D eigenvalue weighted by molar-refractivity contribution is 7.19. The van der Waals surface area contributed by atoms with E-state index in [1.54, 1.807) is 11.3 Å². The number of morpholine rings is 1. The highest BCUT2D eigenvalue weighted by Gasteiger charge is 2.28. The zero-order chi connectivity index (χ0) is 23.8. The van der Waals surface area contributed by atoms with Crippen LogP contribution in [0.5, 0.6) is 0 Å². The molecular weight excluding hydrogens is 458 g/mol. The molecule has 4 aromatic rings. The van der Waals surface area contributed by atoms with E-state index in [-0.39, 0.29) is 5.60 Å². The number of para-hydroxylation sites is 1. The normalized spacial score (nSPS) is 17.7. The summed E-state index contributed by atoms with van der Waals surface area (Å²) < 4.78 is 13.2. The Labute approximate surface area is 210 Å². The average Bonchev–Trinajstić information content (AvgIpc) is 3.63. The van der Waals surface area contributed by atoms with Crippen molar-refractivity contribution in [3.63, 3.8) is 0 Å². The summed E-state index contributed by atoms with van der Waals surface area (Å²) in [5, 5.41) is 1.14. The van der Waals surface area contributed by atoms with Crippen molar-refractivity contribution in [2.75, 3.05) is 57.4 Å². The molecule has 5 heterocycles. The fourth-order valence-electron chi connectivity index (χ4n) is 5.09. The van der Waals surface area contributed by atoms with E-state index in [9.17, 15) is 0 Å². The smallest absolute Gasteiger partial charge is 0.164 e. The molecule has 0 amide bonds. The largest absolute Gasteiger partial charge is 0.378 e. The van der Waals surface area contributed by atoms with Crippen molar-refractivity contribution in [2.24, 2.45) is 0 Å². The lowest BCUT2D eigenvalue weighted by Crippen LogP contribution is -2.36. The van der Waals surface area contributed by atoms with Gasteiger partial charge in [-0.2, -0.15) is 0 Å². The predicted molar refractivity (Wildman–Crippen MR) is 142 cm³/mol. The van der Waals surface area contributed by atoms with E-state index in [0.29, 0.717) is 0 Å². The molecule has 2 saturated heterocycles. The Bertz CT molecular complexity index is 1320. The van der Waals surface area contributed by atoms with Crippen LogP contribution < -0.4 is 4.90 Å². The second-order valence-corrected chi connectivity index (χ2v) is 11.0. The first-order valence-corrected chi connectivity index (χ1v) is 13.5. The Morgan fingerprint density at radius 1 is 1.09 bits per heavy atom. The van der Waals surface area contributed by atoms with Crippen molar-refractivity contribution in [1.82, 2.24) is 19.9 Å². The Balaban J connectivity index is 1.37. The molecule has 2 fully saturated rings. The van der Waals surface area contributed by atoms with Crippen LogP contribution in [0.4, 0.5) is 5.82 Å². The van der Waals surface area contributed by atoms with Crippen molar-refractivity contribution < 1.29 is 9.47 Å². The quantitative estimate of drug-likeness (QED) is 0.391. The van der Waals surface area contributed by atoms with Crippen molar-refractivity contribution in [2.45, 2.75) is 32.3 Å². The van der Waals surface area contributed by atoms with Gasteiger partial charge in [0.2, 0.25) is 0 Å². The number of thiophene rings is 1. The van der Waals surface area contributed by atoms with Crippen LogP contribution in [0, 0.1) is 0 Å². The second kappa shape index (κ2) is 9.50. The zero-order valence-corrected chi connectivity index (χ0v) is 21.4. The second-order valence-electron chi connectivity index (χ2n) is 9.95. The molecule has 2 aliphatic rings. The number of likely N-dealkylation sites (tertiary alicyclic amines) is 1. The summed E-state index contributed by atoms with van der Waals surface area (Å²) in [6.07, 6.45) is 4.64. The van der Waals surface area contributed by atoms with Crippen LogP contribution in [-0.2, 0) is 15.1 Å². The Morgan fingerprint density at radius 2 is 1.89 bits per heavy atom. The standard InChI is InChI=1S/C27H33N5O2S/c1-27(2,34-16-11-31-9-5-6-10-31)23-17-22-24(35-23)26(32-12-14-33-15-13-32)30-25(29-22)20-18-28-21-8-4-3-7-19(20)21/h3-4,7-8,17-18,28H,5-6,9-16H2,1-2H3. The van der Waals surface area contributed by atoms with Gasteiger partial charge in [-0.25, -0.2) is 9.97 Å². The van der Waals surface area contributed by atoms with Crippen molar-refractivity contribution in [1.29, 1.82) is 0 Å². The number of H-pyrrole nitrogens is 1. The zero-order valence-electron chi connectivity index (χ0n) is 20.5. The summed E-state index contributed by atoms with van der Waals surface area (Å²) in [4.78, 5) is 19.6. The number of rotatable bonds is 7. The molecule has 0 saturated carbocycles. The number of nitrogens with zero attached hydrogens (tertiary/aromatic N) is 4. The Hall–Kier alpha value is -2.52. The van der Waals surface area contributed by atoms with Gasteiger partial charge in [0.25, 0.3) is 0 Å². The number of aromatic amines is 1. The van der Waals surface area contributed by atoms with Crippen LogP contribution in [0.3, 0.4) is 0 Å². The molecule has 0 unspecified atom stereocenters. The third-order valence-electron chi connectivity index (χ3n) is 7.16. The molecule has 0 bridgehead atoms. The van der Waals surface area contributed by atoms with Crippen LogP contribution in [0.15, 0.2) is 36.5 Å². The minimum absolute atomic E-state index is 0.381. The number of hydrogen-bond acceptors (Lipinski definition) is 7. The number of hydrogen-bond donors (Lipinski definition) is 1. The third kappa shape index (κ3) is 4.56. The highest BCUT2D eigenvalue weighted by atomic mass is 32.1. The van der Waals surface area contributed by atoms with Gasteiger partial charge in [0.05, 0.1) is 35.6 Å². The lowest BCUT2D eigenvalue weighted by molar-refractivity contribution is -0.0262. The van der Waals surface area contributed by atoms with Crippen LogP contribution in [0.1, 0.15) is 31.6 Å². The Kier molecular flexibility index (Phi) is 6.22. The van der Waals surface area contributed by atoms with Gasteiger partial charge >= 0.3 is 0 Å². The van der Waals surface area contributed by atoms with E-state index in [0.717, 1.165) is 77.8 Å². The van der Waals surface area contributed by atoms with Gasteiger partial charge in [-0.1, -0.05) is 18.2 Å². The lowest BCUT2D eigenvalue weighted by atomic mass is 10.1. The molecule has 0 spiro atoms. The van der Waals surface area contributed by atoms with Crippen LogP contribution in [0.25, 0.3) is 32.5 Å².